The molecule has 0 atom stereocenters. The number of nitrogens with one attached hydrogen (secondary N) is 2. The number of hydrogen-bond donors (Lipinski definition) is 2. The van der Waals surface area contributed by atoms with Crippen LogP contribution in [0.1, 0.15) is 19.3 Å². The third-order valence-electron chi connectivity index (χ3n) is 2.54. The van der Waals surface area contributed by atoms with E-state index in [1.807, 2.05) is 5.32 Å². The molecule has 0 saturated carbocycles. The van der Waals surface area contributed by atoms with Gasteiger partial charge in [-0.05, 0) is 25.0 Å². The Labute approximate surface area is 124 Å². The third kappa shape index (κ3) is 5.63. The molecule has 0 radical (unpaired) electrons. The highest BCUT2D eigenvalue weighted by Crippen LogP contribution is 2.19. The Morgan fingerprint density at radius 1 is 1.05 bits per heavy atom. The van der Waals surface area contributed by atoms with Crippen LogP contribution in [-0.4, -0.2) is 24.2 Å². The molecular formula is C13H14ClF3N2O2. The molecule has 0 spiro atoms. The molecule has 0 aliphatic rings. The van der Waals surface area contributed by atoms with E-state index in [0.717, 1.165) is 6.07 Å². The van der Waals surface area contributed by atoms with Crippen LogP contribution in [-0.2, 0) is 9.59 Å². The van der Waals surface area contributed by atoms with Gasteiger partial charge < -0.3 is 10.6 Å². The lowest BCUT2D eigenvalue weighted by Gasteiger charge is -2.08. The average Bonchev–Trinajstić information content (AvgIpc) is 2.46. The summed E-state index contributed by atoms with van der Waals surface area (Å²) >= 11 is 5.45. The van der Waals surface area contributed by atoms with Crippen molar-refractivity contribution in [2.75, 3.05) is 17.7 Å². The quantitative estimate of drug-likeness (QED) is 0.460. The molecule has 4 nitrogen and oxygen atoms in total. The Morgan fingerprint density at radius 3 is 2.43 bits per heavy atom. The summed E-state index contributed by atoms with van der Waals surface area (Å²) in [7, 11) is 0. The molecule has 0 unspecified atom stereocenters. The molecular weight excluding hydrogens is 309 g/mol. The number of halogens is 4. The van der Waals surface area contributed by atoms with Crippen LogP contribution < -0.4 is 10.6 Å². The summed E-state index contributed by atoms with van der Waals surface area (Å²) in [5, 5.41) is 4.37. The predicted molar refractivity (Wildman–Crippen MR) is 72.5 cm³/mol. The Bertz CT molecular complexity index is 526. The molecule has 0 fully saturated rings. The van der Waals surface area contributed by atoms with E-state index in [9.17, 15) is 22.8 Å². The van der Waals surface area contributed by atoms with Gasteiger partial charge in [-0.25, -0.2) is 13.2 Å². The molecule has 1 aromatic rings. The number of carbonyl (C=O) groups is 2. The van der Waals surface area contributed by atoms with Gasteiger partial charge in [-0.2, -0.15) is 0 Å². The highest BCUT2D eigenvalue weighted by atomic mass is 35.5. The van der Waals surface area contributed by atoms with E-state index in [0.29, 0.717) is 24.8 Å². The molecule has 0 saturated heterocycles. The lowest BCUT2D eigenvalue weighted by Crippen LogP contribution is -2.32. The number of rotatable bonds is 7. The van der Waals surface area contributed by atoms with Gasteiger partial charge in [0.2, 0.25) is 11.8 Å². The highest BCUT2D eigenvalue weighted by molar-refractivity contribution is 6.17. The van der Waals surface area contributed by atoms with Gasteiger partial charge in [0.15, 0.2) is 17.5 Å². The maximum absolute atomic E-state index is 13.3. The van der Waals surface area contributed by atoms with Crippen LogP contribution in [0.4, 0.5) is 18.9 Å². The number of anilines is 1. The Kier molecular flexibility index (Phi) is 7.01. The minimum Gasteiger partial charge on any atom is -0.347 e. The number of benzene rings is 1. The van der Waals surface area contributed by atoms with Crippen molar-refractivity contribution in [3.05, 3.63) is 29.6 Å². The average molecular weight is 323 g/mol. The van der Waals surface area contributed by atoms with Crippen molar-refractivity contribution < 1.29 is 22.8 Å². The number of carbonyl (C=O) groups excluding carboxylic acids is 2. The molecule has 116 valence electrons. The van der Waals surface area contributed by atoms with Gasteiger partial charge in [-0.1, -0.05) is 0 Å². The number of unbranched alkanes of at least 4 members (excludes halogenated alkanes) is 1. The van der Waals surface area contributed by atoms with Crippen LogP contribution in [0.2, 0.25) is 0 Å². The van der Waals surface area contributed by atoms with Crippen molar-refractivity contribution in [1.29, 1.82) is 0 Å². The van der Waals surface area contributed by atoms with Crippen LogP contribution in [0.25, 0.3) is 0 Å². The van der Waals surface area contributed by atoms with Crippen LogP contribution in [0.15, 0.2) is 12.1 Å². The second-order valence-electron chi connectivity index (χ2n) is 4.19. The van der Waals surface area contributed by atoms with Gasteiger partial charge in [0.1, 0.15) is 0 Å². The molecule has 0 heterocycles. The van der Waals surface area contributed by atoms with Crippen LogP contribution in [0.5, 0.6) is 0 Å². The lowest BCUT2D eigenvalue weighted by atomic mass is 10.2. The van der Waals surface area contributed by atoms with E-state index in [-0.39, 0.29) is 12.3 Å². The van der Waals surface area contributed by atoms with Crippen molar-refractivity contribution in [2.24, 2.45) is 0 Å². The van der Waals surface area contributed by atoms with Crippen LogP contribution in [0, 0.1) is 17.5 Å². The summed E-state index contributed by atoms with van der Waals surface area (Å²) in [5.74, 6) is -5.15. The highest BCUT2D eigenvalue weighted by Gasteiger charge is 2.15. The van der Waals surface area contributed by atoms with Crippen molar-refractivity contribution in [3.63, 3.8) is 0 Å². The Hall–Kier alpha value is -1.76. The molecule has 0 aromatic heterocycles. The smallest absolute Gasteiger partial charge is 0.243 e. The van der Waals surface area contributed by atoms with E-state index < -0.39 is 35.6 Å². The predicted octanol–water partition coefficient (Wildman–Crippen LogP) is 2.57. The first-order valence-corrected chi connectivity index (χ1v) is 6.75. The molecule has 8 heteroatoms. The normalized spacial score (nSPS) is 10.3. The SMILES string of the molecule is O=C(CCCCCl)NCC(=O)Nc1ccc(F)c(F)c1F. The molecule has 1 aromatic carbocycles. The Balaban J connectivity index is 2.44. The number of hydrogen-bond acceptors (Lipinski definition) is 2. The van der Waals surface area contributed by atoms with E-state index >= 15 is 0 Å². The molecule has 0 bridgehead atoms. The fraction of sp³-hybridized carbons (Fsp3) is 0.385. The second kappa shape index (κ2) is 8.51. The number of alkyl halides is 1. The summed E-state index contributed by atoms with van der Waals surface area (Å²) in [4.78, 5) is 22.8. The minimum absolute atomic E-state index is 0.222. The molecule has 2 N–H and O–H groups in total. The number of amides is 2. The van der Waals surface area contributed by atoms with E-state index in [2.05, 4.69) is 5.32 Å². The topological polar surface area (TPSA) is 58.2 Å². The zero-order valence-corrected chi connectivity index (χ0v) is 11.8. The first kappa shape index (κ1) is 17.3. The van der Waals surface area contributed by atoms with Crippen molar-refractivity contribution in [2.45, 2.75) is 19.3 Å². The first-order valence-electron chi connectivity index (χ1n) is 6.21. The summed E-state index contributed by atoms with van der Waals surface area (Å²) in [6.45, 7) is -0.391. The van der Waals surface area contributed by atoms with Gasteiger partial charge in [0.05, 0.1) is 12.2 Å². The second-order valence-corrected chi connectivity index (χ2v) is 4.57. The molecule has 0 aliphatic heterocycles. The summed E-state index contributed by atoms with van der Waals surface area (Å²) in [5.41, 5.74) is -0.490. The first-order chi connectivity index (χ1) is 9.95. The molecule has 2 amide bonds. The van der Waals surface area contributed by atoms with E-state index in [1.165, 1.54) is 0 Å². The Morgan fingerprint density at radius 2 is 1.76 bits per heavy atom. The van der Waals surface area contributed by atoms with Crippen molar-refractivity contribution in [3.8, 4) is 0 Å². The fourth-order valence-corrected chi connectivity index (χ4v) is 1.65. The van der Waals surface area contributed by atoms with Gasteiger partial charge >= 0.3 is 0 Å². The summed E-state index contributed by atoms with van der Waals surface area (Å²) < 4.78 is 38.9. The molecule has 0 aliphatic carbocycles. The van der Waals surface area contributed by atoms with Gasteiger partial charge in [-0.15, -0.1) is 11.6 Å². The zero-order chi connectivity index (χ0) is 15.8. The van der Waals surface area contributed by atoms with Gasteiger partial charge in [-0.3, -0.25) is 9.59 Å². The van der Waals surface area contributed by atoms with Crippen molar-refractivity contribution >= 4 is 29.1 Å². The van der Waals surface area contributed by atoms with Crippen LogP contribution >= 0.6 is 11.6 Å². The fourth-order valence-electron chi connectivity index (χ4n) is 1.46. The van der Waals surface area contributed by atoms with Crippen LogP contribution in [0.3, 0.4) is 0 Å². The van der Waals surface area contributed by atoms with E-state index in [1.54, 1.807) is 0 Å². The largest absolute Gasteiger partial charge is 0.347 e. The summed E-state index contributed by atoms with van der Waals surface area (Å²) in [6, 6.07) is 1.59. The summed E-state index contributed by atoms with van der Waals surface area (Å²) in [6.07, 6.45) is 1.50. The van der Waals surface area contributed by atoms with E-state index in [4.69, 9.17) is 11.6 Å². The minimum atomic E-state index is -1.67. The zero-order valence-electron chi connectivity index (χ0n) is 11.0. The lowest BCUT2D eigenvalue weighted by molar-refractivity contribution is -0.124. The third-order valence-corrected chi connectivity index (χ3v) is 2.81. The van der Waals surface area contributed by atoms with Gasteiger partial charge in [0, 0.05) is 12.3 Å². The van der Waals surface area contributed by atoms with Crippen molar-refractivity contribution in [1.82, 2.24) is 5.32 Å². The molecule has 21 heavy (non-hydrogen) atoms. The molecule has 1 rings (SSSR count). The maximum atomic E-state index is 13.3. The monoisotopic (exact) mass is 322 g/mol. The standard InChI is InChI=1S/C13H14ClF3N2O2/c14-6-2-1-3-10(20)18-7-11(21)19-9-5-4-8(15)12(16)13(9)17/h4-5H,1-3,6-7H2,(H,18,20)(H,19,21). The maximum Gasteiger partial charge on any atom is 0.243 e. The van der Waals surface area contributed by atoms with Gasteiger partial charge in [0.25, 0.3) is 0 Å².